The molecule has 1 atom stereocenters. The van der Waals surface area contributed by atoms with E-state index in [1.165, 1.54) is 23.3 Å². The Morgan fingerprint density at radius 2 is 2.50 bits per heavy atom. The van der Waals surface area contributed by atoms with Gasteiger partial charge in [-0.3, -0.25) is 0 Å². The molecule has 1 heterocycles. The van der Waals surface area contributed by atoms with E-state index in [2.05, 4.69) is 29.0 Å². The maximum atomic E-state index is 11.6. The van der Waals surface area contributed by atoms with Crippen molar-refractivity contribution in [2.75, 3.05) is 6.54 Å². The van der Waals surface area contributed by atoms with Crippen LogP contribution in [0.5, 0.6) is 0 Å². The second-order valence-electron chi connectivity index (χ2n) is 4.14. The number of carbonyl (C=O) groups is 1. The van der Waals surface area contributed by atoms with Gasteiger partial charge in [0.2, 0.25) is 0 Å². The molecular weight excluding hydrogens is 220 g/mol. The van der Waals surface area contributed by atoms with Crippen LogP contribution in [0, 0.1) is 0 Å². The van der Waals surface area contributed by atoms with Crippen molar-refractivity contribution in [3.05, 3.63) is 21.9 Å². The molecule has 2 amide bonds. The molecular formula is C12H18N2OS. The molecule has 0 aromatic carbocycles. The maximum Gasteiger partial charge on any atom is 0.315 e. The Morgan fingerprint density at radius 1 is 1.62 bits per heavy atom. The van der Waals surface area contributed by atoms with Crippen molar-refractivity contribution in [3.63, 3.8) is 0 Å². The zero-order chi connectivity index (χ0) is 11.4. The Hall–Kier alpha value is -1.03. The molecule has 1 aliphatic rings. The van der Waals surface area contributed by atoms with E-state index in [4.69, 9.17) is 0 Å². The van der Waals surface area contributed by atoms with Crippen LogP contribution in [0.15, 0.2) is 11.4 Å². The van der Waals surface area contributed by atoms with Gasteiger partial charge < -0.3 is 10.6 Å². The Kier molecular flexibility index (Phi) is 3.83. The molecule has 0 fully saturated rings. The van der Waals surface area contributed by atoms with Crippen LogP contribution < -0.4 is 10.6 Å². The second-order valence-corrected chi connectivity index (χ2v) is 5.14. The third-order valence-electron chi connectivity index (χ3n) is 2.89. The van der Waals surface area contributed by atoms with Gasteiger partial charge in [-0.15, -0.1) is 11.3 Å². The number of hydrogen-bond donors (Lipinski definition) is 2. The standard InChI is InChI=1S/C12H18N2OS/c1-2-7-13-12(15)14-10-4-3-5-11-9(10)6-8-16-11/h6,8,10H,2-5,7H2,1H3,(H2,13,14,15). The summed E-state index contributed by atoms with van der Waals surface area (Å²) in [6.45, 7) is 2.80. The molecule has 2 N–H and O–H groups in total. The predicted molar refractivity (Wildman–Crippen MR) is 66.8 cm³/mol. The molecule has 3 nitrogen and oxygen atoms in total. The first kappa shape index (κ1) is 11.5. The minimum absolute atomic E-state index is 0.0362. The molecule has 1 aromatic heterocycles. The van der Waals surface area contributed by atoms with E-state index in [0.717, 1.165) is 19.4 Å². The summed E-state index contributed by atoms with van der Waals surface area (Å²) in [5.74, 6) is 0. The lowest BCUT2D eigenvalue weighted by molar-refractivity contribution is 0.235. The average Bonchev–Trinajstić information content (AvgIpc) is 2.75. The number of fused-ring (bicyclic) bond motifs is 1. The van der Waals surface area contributed by atoms with Crippen LogP contribution in [-0.4, -0.2) is 12.6 Å². The number of nitrogens with one attached hydrogen (secondary N) is 2. The van der Waals surface area contributed by atoms with E-state index in [-0.39, 0.29) is 12.1 Å². The third-order valence-corrected chi connectivity index (χ3v) is 3.89. The van der Waals surface area contributed by atoms with E-state index >= 15 is 0 Å². The lowest BCUT2D eigenvalue weighted by atomic mass is 9.94. The van der Waals surface area contributed by atoms with Crippen LogP contribution in [0.25, 0.3) is 0 Å². The van der Waals surface area contributed by atoms with Crippen LogP contribution in [-0.2, 0) is 6.42 Å². The highest BCUT2D eigenvalue weighted by Gasteiger charge is 2.22. The van der Waals surface area contributed by atoms with Crippen LogP contribution in [0.4, 0.5) is 4.79 Å². The molecule has 1 unspecified atom stereocenters. The van der Waals surface area contributed by atoms with Crippen LogP contribution in [0.3, 0.4) is 0 Å². The second kappa shape index (κ2) is 5.34. The number of carbonyl (C=O) groups excluding carboxylic acids is 1. The molecule has 2 rings (SSSR count). The minimum atomic E-state index is -0.0362. The topological polar surface area (TPSA) is 41.1 Å². The molecule has 1 aliphatic carbocycles. The monoisotopic (exact) mass is 238 g/mol. The summed E-state index contributed by atoms with van der Waals surface area (Å²) in [5, 5.41) is 8.03. The van der Waals surface area contributed by atoms with Crippen molar-refractivity contribution in [2.24, 2.45) is 0 Å². The summed E-state index contributed by atoms with van der Waals surface area (Å²) < 4.78 is 0. The number of thiophene rings is 1. The Bertz CT molecular complexity index is 362. The van der Waals surface area contributed by atoms with Crippen molar-refractivity contribution in [3.8, 4) is 0 Å². The highest BCUT2D eigenvalue weighted by atomic mass is 32.1. The summed E-state index contributed by atoms with van der Waals surface area (Å²) >= 11 is 1.80. The molecule has 16 heavy (non-hydrogen) atoms. The molecule has 1 aromatic rings. The third kappa shape index (κ3) is 2.55. The van der Waals surface area contributed by atoms with Crippen molar-refractivity contribution >= 4 is 17.4 Å². The van der Waals surface area contributed by atoms with Gasteiger partial charge in [-0.25, -0.2) is 4.79 Å². The fraction of sp³-hybridized carbons (Fsp3) is 0.583. The number of urea groups is 1. The Labute approximate surface area is 100 Å². The SMILES string of the molecule is CCCNC(=O)NC1CCCc2sccc21. The van der Waals surface area contributed by atoms with E-state index in [0.29, 0.717) is 0 Å². The number of amides is 2. The molecule has 0 spiro atoms. The zero-order valence-electron chi connectivity index (χ0n) is 9.58. The molecule has 88 valence electrons. The van der Waals surface area contributed by atoms with E-state index < -0.39 is 0 Å². The van der Waals surface area contributed by atoms with Crippen molar-refractivity contribution in [1.82, 2.24) is 10.6 Å². The smallest absolute Gasteiger partial charge is 0.315 e. The maximum absolute atomic E-state index is 11.6. The van der Waals surface area contributed by atoms with Gasteiger partial charge in [-0.2, -0.15) is 0 Å². The summed E-state index contributed by atoms with van der Waals surface area (Å²) in [4.78, 5) is 13.0. The summed E-state index contributed by atoms with van der Waals surface area (Å²) in [5.41, 5.74) is 1.32. The van der Waals surface area contributed by atoms with E-state index in [1.807, 2.05) is 0 Å². The minimum Gasteiger partial charge on any atom is -0.338 e. The first-order chi connectivity index (χ1) is 7.81. The summed E-state index contributed by atoms with van der Waals surface area (Å²) in [7, 11) is 0. The summed E-state index contributed by atoms with van der Waals surface area (Å²) in [6.07, 6.45) is 4.37. The van der Waals surface area contributed by atoms with Gasteiger partial charge in [0.05, 0.1) is 6.04 Å². The van der Waals surface area contributed by atoms with Gasteiger partial charge >= 0.3 is 6.03 Å². The van der Waals surface area contributed by atoms with Gasteiger partial charge in [-0.1, -0.05) is 6.92 Å². The molecule has 0 aliphatic heterocycles. The van der Waals surface area contributed by atoms with Gasteiger partial charge in [0.1, 0.15) is 0 Å². The van der Waals surface area contributed by atoms with Crippen LogP contribution >= 0.6 is 11.3 Å². The van der Waals surface area contributed by atoms with Crippen LogP contribution in [0.1, 0.15) is 42.7 Å². The van der Waals surface area contributed by atoms with Gasteiger partial charge in [-0.05, 0) is 42.7 Å². The quantitative estimate of drug-likeness (QED) is 0.835. The highest BCUT2D eigenvalue weighted by Crippen LogP contribution is 2.32. The molecule has 4 heteroatoms. The fourth-order valence-electron chi connectivity index (χ4n) is 2.08. The van der Waals surface area contributed by atoms with Crippen LogP contribution in [0.2, 0.25) is 0 Å². The van der Waals surface area contributed by atoms with Crippen molar-refractivity contribution in [1.29, 1.82) is 0 Å². The fourth-order valence-corrected chi connectivity index (χ4v) is 3.07. The molecule has 0 bridgehead atoms. The predicted octanol–water partition coefficient (Wildman–Crippen LogP) is 2.83. The van der Waals surface area contributed by atoms with Crippen molar-refractivity contribution in [2.45, 2.75) is 38.6 Å². The molecule has 0 radical (unpaired) electrons. The molecule has 0 saturated carbocycles. The van der Waals surface area contributed by atoms with Gasteiger partial charge in [0.25, 0.3) is 0 Å². The van der Waals surface area contributed by atoms with Crippen molar-refractivity contribution < 1.29 is 4.79 Å². The lowest BCUT2D eigenvalue weighted by Gasteiger charge is -2.23. The number of hydrogen-bond acceptors (Lipinski definition) is 2. The first-order valence-electron chi connectivity index (χ1n) is 5.92. The van der Waals surface area contributed by atoms with Gasteiger partial charge in [0.15, 0.2) is 0 Å². The Balaban J connectivity index is 1.94. The molecule has 0 saturated heterocycles. The van der Waals surface area contributed by atoms with E-state index in [1.54, 1.807) is 11.3 Å². The number of rotatable bonds is 3. The number of aryl methyl sites for hydroxylation is 1. The average molecular weight is 238 g/mol. The first-order valence-corrected chi connectivity index (χ1v) is 6.80. The Morgan fingerprint density at radius 3 is 3.31 bits per heavy atom. The highest BCUT2D eigenvalue weighted by molar-refractivity contribution is 7.10. The normalized spacial score (nSPS) is 18.9. The summed E-state index contributed by atoms with van der Waals surface area (Å²) in [6, 6.07) is 2.32. The zero-order valence-corrected chi connectivity index (χ0v) is 10.4. The largest absolute Gasteiger partial charge is 0.338 e. The van der Waals surface area contributed by atoms with Gasteiger partial charge in [0, 0.05) is 11.4 Å². The van der Waals surface area contributed by atoms with E-state index in [9.17, 15) is 4.79 Å². The lowest BCUT2D eigenvalue weighted by Crippen LogP contribution is -2.39.